The van der Waals surface area contributed by atoms with Crippen LogP contribution in [0.3, 0.4) is 0 Å². The van der Waals surface area contributed by atoms with E-state index >= 15 is 0 Å². The lowest BCUT2D eigenvalue weighted by Crippen LogP contribution is -2.05. The van der Waals surface area contributed by atoms with Crippen molar-refractivity contribution < 1.29 is 9.47 Å². The number of hydrogen-bond acceptors (Lipinski definition) is 4. The Labute approximate surface area is 105 Å². The fraction of sp³-hybridized carbons (Fsp3) is 0.385. The summed E-state index contributed by atoms with van der Waals surface area (Å²) in [5.74, 6) is 0. The average Bonchev–Trinajstić information content (AvgIpc) is 2.65. The Hall–Kier alpha value is -1.10. The van der Waals surface area contributed by atoms with Gasteiger partial charge in [0.15, 0.2) is 0 Å². The first-order chi connectivity index (χ1) is 8.33. The summed E-state index contributed by atoms with van der Waals surface area (Å²) in [6.45, 7) is 1.96. The summed E-state index contributed by atoms with van der Waals surface area (Å²) in [4.78, 5) is 0. The smallest absolute Gasteiger partial charge is 0.0902 e. The Morgan fingerprint density at radius 1 is 1.18 bits per heavy atom. The summed E-state index contributed by atoms with van der Waals surface area (Å²) in [6, 6.07) is 8.30. The molecule has 92 valence electrons. The summed E-state index contributed by atoms with van der Waals surface area (Å²) in [5.41, 5.74) is 7.24. The van der Waals surface area contributed by atoms with Crippen molar-refractivity contribution in [3.05, 3.63) is 29.8 Å². The fourth-order valence-electron chi connectivity index (χ4n) is 1.79. The molecular weight excluding hydrogens is 234 g/mol. The van der Waals surface area contributed by atoms with E-state index in [9.17, 15) is 0 Å². The third-order valence-electron chi connectivity index (χ3n) is 2.66. The first-order valence-corrected chi connectivity index (χ1v) is 6.47. The second-order valence-electron chi connectivity index (χ2n) is 3.80. The molecule has 1 aromatic heterocycles. The minimum atomic E-state index is 0.637. The van der Waals surface area contributed by atoms with Crippen molar-refractivity contribution in [3.8, 4) is 0 Å². The maximum atomic E-state index is 6.03. The lowest BCUT2D eigenvalue weighted by atomic mass is 10.1. The van der Waals surface area contributed by atoms with Gasteiger partial charge in [-0.1, -0.05) is 18.2 Å². The molecule has 0 aliphatic rings. The number of fused-ring (bicyclic) bond motifs is 1. The SMILES string of the molecule is COCCOCCc1c(N)sc2ccccc12. The van der Waals surface area contributed by atoms with Crippen molar-refractivity contribution in [3.63, 3.8) is 0 Å². The van der Waals surface area contributed by atoms with E-state index in [1.54, 1.807) is 18.4 Å². The first-order valence-electron chi connectivity index (χ1n) is 5.65. The Morgan fingerprint density at radius 2 is 2.00 bits per heavy atom. The summed E-state index contributed by atoms with van der Waals surface area (Å²) >= 11 is 1.64. The van der Waals surface area contributed by atoms with Gasteiger partial charge in [0.05, 0.1) is 24.8 Å². The number of anilines is 1. The van der Waals surface area contributed by atoms with Crippen LogP contribution in [0.25, 0.3) is 10.1 Å². The highest BCUT2D eigenvalue weighted by Gasteiger charge is 2.08. The van der Waals surface area contributed by atoms with Crippen molar-refractivity contribution in [1.29, 1.82) is 0 Å². The van der Waals surface area contributed by atoms with Crippen molar-refractivity contribution in [1.82, 2.24) is 0 Å². The van der Waals surface area contributed by atoms with E-state index in [2.05, 4.69) is 12.1 Å². The van der Waals surface area contributed by atoms with Crippen molar-refractivity contribution in [2.75, 3.05) is 32.7 Å². The van der Waals surface area contributed by atoms with Gasteiger partial charge >= 0.3 is 0 Å². The summed E-state index contributed by atoms with van der Waals surface area (Å²) in [6.07, 6.45) is 0.861. The van der Waals surface area contributed by atoms with Gasteiger partial charge in [-0.2, -0.15) is 0 Å². The molecule has 2 aromatic rings. The third kappa shape index (κ3) is 2.97. The predicted octanol–water partition coefficient (Wildman–Crippen LogP) is 2.69. The largest absolute Gasteiger partial charge is 0.390 e. The molecule has 1 heterocycles. The monoisotopic (exact) mass is 251 g/mol. The van der Waals surface area contributed by atoms with E-state index in [1.807, 2.05) is 12.1 Å². The van der Waals surface area contributed by atoms with E-state index in [0.717, 1.165) is 11.4 Å². The zero-order chi connectivity index (χ0) is 12.1. The number of nitrogens with two attached hydrogens (primary N) is 1. The van der Waals surface area contributed by atoms with Crippen molar-refractivity contribution in [2.45, 2.75) is 6.42 Å². The van der Waals surface area contributed by atoms with Gasteiger partial charge in [0.1, 0.15) is 0 Å². The summed E-state index contributed by atoms with van der Waals surface area (Å²) < 4.78 is 11.6. The lowest BCUT2D eigenvalue weighted by molar-refractivity contribution is 0.0724. The highest BCUT2D eigenvalue weighted by Crippen LogP contribution is 2.33. The molecule has 0 unspecified atom stereocenters. The zero-order valence-corrected chi connectivity index (χ0v) is 10.8. The standard InChI is InChI=1S/C13H17NO2S/c1-15-8-9-16-7-6-11-10-4-2-3-5-12(10)17-13(11)14/h2-5H,6-9,14H2,1H3. The minimum absolute atomic E-state index is 0.637. The molecule has 0 atom stereocenters. The van der Waals surface area contributed by atoms with Crippen molar-refractivity contribution in [2.24, 2.45) is 0 Å². The lowest BCUT2D eigenvalue weighted by Gasteiger charge is -2.04. The van der Waals surface area contributed by atoms with Crippen LogP contribution in [0.15, 0.2) is 24.3 Å². The van der Waals surface area contributed by atoms with E-state index in [1.165, 1.54) is 15.6 Å². The summed E-state index contributed by atoms with van der Waals surface area (Å²) in [7, 11) is 1.67. The average molecular weight is 251 g/mol. The number of hydrogen-bond donors (Lipinski definition) is 1. The van der Waals surface area contributed by atoms with Gasteiger partial charge in [-0.05, 0) is 23.4 Å². The molecule has 17 heavy (non-hydrogen) atoms. The van der Waals surface area contributed by atoms with Gasteiger partial charge in [0.25, 0.3) is 0 Å². The molecule has 2 N–H and O–H groups in total. The maximum Gasteiger partial charge on any atom is 0.0902 e. The van der Waals surface area contributed by atoms with E-state index < -0.39 is 0 Å². The number of rotatable bonds is 6. The Kier molecular flexibility index (Phi) is 4.36. The van der Waals surface area contributed by atoms with Crippen LogP contribution in [0.1, 0.15) is 5.56 Å². The number of benzene rings is 1. The van der Waals surface area contributed by atoms with Crippen LogP contribution in [-0.4, -0.2) is 26.9 Å². The molecule has 0 aliphatic heterocycles. The second-order valence-corrected chi connectivity index (χ2v) is 4.88. The zero-order valence-electron chi connectivity index (χ0n) is 9.94. The molecule has 0 bridgehead atoms. The molecule has 0 saturated heterocycles. The van der Waals surface area contributed by atoms with Crippen LogP contribution < -0.4 is 5.73 Å². The molecule has 0 fully saturated rings. The first kappa shape index (κ1) is 12.4. The topological polar surface area (TPSA) is 44.5 Å². The predicted molar refractivity (Wildman–Crippen MR) is 72.6 cm³/mol. The summed E-state index contributed by atoms with van der Waals surface area (Å²) in [5, 5.41) is 2.16. The molecule has 0 amide bonds. The highest BCUT2D eigenvalue weighted by atomic mass is 32.1. The van der Waals surface area contributed by atoms with Crippen LogP contribution >= 0.6 is 11.3 Å². The molecular formula is C13H17NO2S. The molecule has 4 heteroatoms. The Balaban J connectivity index is 2.00. The number of nitrogen functional groups attached to an aromatic ring is 1. The number of thiophene rings is 1. The van der Waals surface area contributed by atoms with Gasteiger partial charge in [0.2, 0.25) is 0 Å². The molecule has 3 nitrogen and oxygen atoms in total. The molecule has 1 aromatic carbocycles. The van der Waals surface area contributed by atoms with Gasteiger partial charge in [-0.15, -0.1) is 11.3 Å². The molecule has 2 rings (SSSR count). The Bertz CT molecular complexity index is 481. The van der Waals surface area contributed by atoms with E-state index in [4.69, 9.17) is 15.2 Å². The van der Waals surface area contributed by atoms with Gasteiger partial charge in [-0.3, -0.25) is 0 Å². The van der Waals surface area contributed by atoms with Crippen LogP contribution in [0, 0.1) is 0 Å². The number of ether oxygens (including phenoxy) is 2. The van der Waals surface area contributed by atoms with Crippen molar-refractivity contribution >= 4 is 26.4 Å². The normalized spacial score (nSPS) is 11.1. The van der Waals surface area contributed by atoms with Gasteiger partial charge in [-0.25, -0.2) is 0 Å². The van der Waals surface area contributed by atoms with Gasteiger partial charge in [0, 0.05) is 11.8 Å². The van der Waals surface area contributed by atoms with Crippen LogP contribution in [0.5, 0.6) is 0 Å². The molecule has 0 spiro atoms. The fourth-order valence-corrected chi connectivity index (χ4v) is 2.81. The van der Waals surface area contributed by atoms with E-state index in [0.29, 0.717) is 19.8 Å². The highest BCUT2D eigenvalue weighted by molar-refractivity contribution is 7.22. The van der Waals surface area contributed by atoms with Crippen LogP contribution in [0.2, 0.25) is 0 Å². The third-order valence-corrected chi connectivity index (χ3v) is 3.70. The van der Waals surface area contributed by atoms with E-state index in [-0.39, 0.29) is 0 Å². The Morgan fingerprint density at radius 3 is 2.82 bits per heavy atom. The minimum Gasteiger partial charge on any atom is -0.390 e. The molecule has 0 radical (unpaired) electrons. The van der Waals surface area contributed by atoms with Crippen LogP contribution in [0.4, 0.5) is 5.00 Å². The van der Waals surface area contributed by atoms with Crippen LogP contribution in [-0.2, 0) is 15.9 Å². The molecule has 0 aliphatic carbocycles. The second kappa shape index (κ2) is 6.00. The quantitative estimate of drug-likeness (QED) is 0.803. The maximum absolute atomic E-state index is 6.03. The van der Waals surface area contributed by atoms with Gasteiger partial charge < -0.3 is 15.2 Å². The number of methoxy groups -OCH3 is 1. The molecule has 0 saturated carbocycles.